The van der Waals surface area contributed by atoms with E-state index in [-0.39, 0.29) is 0 Å². The van der Waals surface area contributed by atoms with Gasteiger partial charge < -0.3 is 9.57 Å². The van der Waals surface area contributed by atoms with Gasteiger partial charge in [-0.25, -0.2) is 5.90 Å². The van der Waals surface area contributed by atoms with Gasteiger partial charge in [-0.3, -0.25) is 0 Å². The lowest BCUT2D eigenvalue weighted by Gasteiger charge is -2.04. The highest BCUT2D eigenvalue weighted by Crippen LogP contribution is 2.17. The average molecular weight is 145 g/mol. The van der Waals surface area contributed by atoms with Gasteiger partial charge in [0, 0.05) is 13.2 Å². The van der Waals surface area contributed by atoms with Crippen molar-refractivity contribution in [3.05, 3.63) is 0 Å². The fraction of sp³-hybridized carbons (Fsp3) is 1.00. The van der Waals surface area contributed by atoms with Crippen molar-refractivity contribution in [2.75, 3.05) is 19.8 Å². The van der Waals surface area contributed by atoms with Gasteiger partial charge >= 0.3 is 0 Å². The van der Waals surface area contributed by atoms with Crippen LogP contribution in [0.5, 0.6) is 0 Å². The zero-order valence-corrected chi connectivity index (χ0v) is 6.21. The molecule has 0 bridgehead atoms. The maximum atomic E-state index is 5.22. The van der Waals surface area contributed by atoms with Crippen LogP contribution >= 0.6 is 0 Å². The molecule has 1 unspecified atom stereocenters. The van der Waals surface area contributed by atoms with Crippen LogP contribution in [0.25, 0.3) is 0 Å². The Morgan fingerprint density at radius 2 is 2.50 bits per heavy atom. The first-order chi connectivity index (χ1) is 4.93. The van der Waals surface area contributed by atoms with Crippen LogP contribution in [0, 0.1) is 5.92 Å². The molecule has 0 amide bonds. The second-order valence-corrected chi connectivity index (χ2v) is 2.74. The number of rotatable bonds is 4. The van der Waals surface area contributed by atoms with Gasteiger partial charge in [-0.2, -0.15) is 0 Å². The van der Waals surface area contributed by atoms with Crippen molar-refractivity contribution in [2.24, 2.45) is 11.8 Å². The van der Waals surface area contributed by atoms with Gasteiger partial charge in [0.15, 0.2) is 0 Å². The Labute approximate surface area is 61.4 Å². The van der Waals surface area contributed by atoms with Crippen LogP contribution in [-0.2, 0) is 9.57 Å². The van der Waals surface area contributed by atoms with Gasteiger partial charge in [0.1, 0.15) is 0 Å². The van der Waals surface area contributed by atoms with E-state index in [0.29, 0.717) is 6.61 Å². The number of hydrogen-bond acceptors (Lipinski definition) is 3. The minimum atomic E-state index is 0.677. The van der Waals surface area contributed by atoms with E-state index in [0.717, 1.165) is 25.6 Å². The summed E-state index contributed by atoms with van der Waals surface area (Å²) in [5, 5.41) is 0. The van der Waals surface area contributed by atoms with Crippen LogP contribution in [0.1, 0.15) is 19.3 Å². The van der Waals surface area contributed by atoms with Crippen LogP contribution in [-0.4, -0.2) is 19.8 Å². The quantitative estimate of drug-likeness (QED) is 0.467. The summed E-state index contributed by atoms with van der Waals surface area (Å²) in [7, 11) is 0. The van der Waals surface area contributed by atoms with Gasteiger partial charge in [0.2, 0.25) is 0 Å². The lowest BCUT2D eigenvalue weighted by Crippen LogP contribution is -2.05. The van der Waals surface area contributed by atoms with E-state index < -0.39 is 0 Å². The van der Waals surface area contributed by atoms with Crippen LogP contribution in [0.15, 0.2) is 0 Å². The van der Waals surface area contributed by atoms with E-state index in [4.69, 9.17) is 10.6 Å². The first-order valence-electron chi connectivity index (χ1n) is 3.83. The summed E-state index contributed by atoms with van der Waals surface area (Å²) in [5.41, 5.74) is 0. The molecule has 1 saturated heterocycles. The molecule has 1 atom stereocenters. The SMILES string of the molecule is NOCCCC1CCOC1. The summed E-state index contributed by atoms with van der Waals surface area (Å²) in [5.74, 6) is 5.64. The Kier molecular flexibility index (Phi) is 3.72. The third kappa shape index (κ3) is 2.64. The highest BCUT2D eigenvalue weighted by atomic mass is 16.6. The van der Waals surface area contributed by atoms with Crippen molar-refractivity contribution in [1.29, 1.82) is 0 Å². The Balaban J connectivity index is 1.91. The highest BCUT2D eigenvalue weighted by molar-refractivity contribution is 4.63. The van der Waals surface area contributed by atoms with Gasteiger partial charge in [-0.05, 0) is 25.2 Å². The molecule has 0 aromatic heterocycles. The molecular weight excluding hydrogens is 130 g/mol. The normalized spacial score (nSPS) is 25.5. The first-order valence-corrected chi connectivity index (χ1v) is 3.83. The third-order valence-electron chi connectivity index (χ3n) is 1.90. The summed E-state index contributed by atoms with van der Waals surface area (Å²) in [6, 6.07) is 0. The molecule has 1 aliphatic rings. The molecule has 0 radical (unpaired) electrons. The zero-order valence-electron chi connectivity index (χ0n) is 6.21. The maximum Gasteiger partial charge on any atom is 0.0679 e. The standard InChI is InChI=1S/C7H15NO2/c8-10-4-1-2-7-3-5-9-6-7/h7H,1-6,8H2. The fourth-order valence-corrected chi connectivity index (χ4v) is 1.27. The molecule has 0 saturated carbocycles. The van der Waals surface area contributed by atoms with Crippen molar-refractivity contribution in [3.63, 3.8) is 0 Å². The van der Waals surface area contributed by atoms with Crippen LogP contribution in [0.2, 0.25) is 0 Å². The van der Waals surface area contributed by atoms with E-state index >= 15 is 0 Å². The molecule has 3 heteroatoms. The predicted molar refractivity (Wildman–Crippen MR) is 38.3 cm³/mol. The minimum absolute atomic E-state index is 0.677. The Morgan fingerprint density at radius 3 is 3.10 bits per heavy atom. The molecular formula is C7H15NO2. The van der Waals surface area contributed by atoms with Crippen molar-refractivity contribution in [2.45, 2.75) is 19.3 Å². The molecule has 0 aromatic rings. The van der Waals surface area contributed by atoms with Gasteiger partial charge in [-0.15, -0.1) is 0 Å². The average Bonchev–Trinajstić information content (AvgIpc) is 2.41. The van der Waals surface area contributed by atoms with Crippen LogP contribution in [0.4, 0.5) is 0 Å². The summed E-state index contributed by atoms with van der Waals surface area (Å²) >= 11 is 0. The molecule has 1 fully saturated rings. The molecule has 1 heterocycles. The van der Waals surface area contributed by atoms with E-state index in [9.17, 15) is 0 Å². The first kappa shape index (κ1) is 7.98. The van der Waals surface area contributed by atoms with Crippen molar-refractivity contribution >= 4 is 0 Å². The van der Waals surface area contributed by atoms with Crippen molar-refractivity contribution in [1.82, 2.24) is 0 Å². The van der Waals surface area contributed by atoms with Gasteiger partial charge in [0.05, 0.1) is 6.61 Å². The highest BCUT2D eigenvalue weighted by Gasteiger charge is 2.14. The largest absolute Gasteiger partial charge is 0.381 e. The van der Waals surface area contributed by atoms with E-state index in [1.165, 1.54) is 12.8 Å². The number of hydrogen-bond donors (Lipinski definition) is 1. The summed E-state index contributed by atoms with van der Waals surface area (Å²) in [4.78, 5) is 4.46. The molecule has 0 spiro atoms. The molecule has 0 aromatic carbocycles. The molecule has 1 rings (SSSR count). The van der Waals surface area contributed by atoms with Crippen LogP contribution in [0.3, 0.4) is 0 Å². The molecule has 1 aliphatic heterocycles. The lowest BCUT2D eigenvalue weighted by atomic mass is 10.0. The lowest BCUT2D eigenvalue weighted by molar-refractivity contribution is 0.127. The topological polar surface area (TPSA) is 44.5 Å². The summed E-state index contributed by atoms with van der Waals surface area (Å²) < 4.78 is 5.22. The van der Waals surface area contributed by atoms with E-state index in [1.54, 1.807) is 0 Å². The third-order valence-corrected chi connectivity index (χ3v) is 1.90. The van der Waals surface area contributed by atoms with Gasteiger partial charge in [-0.1, -0.05) is 0 Å². The number of nitrogens with two attached hydrogens (primary N) is 1. The summed E-state index contributed by atoms with van der Waals surface area (Å²) in [6.07, 6.45) is 3.46. The van der Waals surface area contributed by atoms with Crippen LogP contribution < -0.4 is 5.90 Å². The second kappa shape index (κ2) is 4.66. The number of ether oxygens (including phenoxy) is 1. The molecule has 60 valence electrons. The smallest absolute Gasteiger partial charge is 0.0679 e. The van der Waals surface area contributed by atoms with E-state index in [2.05, 4.69) is 4.84 Å². The van der Waals surface area contributed by atoms with E-state index in [1.807, 2.05) is 0 Å². The molecule has 10 heavy (non-hydrogen) atoms. The second-order valence-electron chi connectivity index (χ2n) is 2.74. The summed E-state index contributed by atoms with van der Waals surface area (Å²) in [6.45, 7) is 2.55. The Hall–Kier alpha value is -0.120. The zero-order chi connectivity index (χ0) is 7.23. The molecule has 0 aliphatic carbocycles. The predicted octanol–water partition coefficient (Wildman–Crippen LogP) is 0.693. The monoisotopic (exact) mass is 145 g/mol. The van der Waals surface area contributed by atoms with Crippen molar-refractivity contribution < 1.29 is 9.57 Å². The Morgan fingerprint density at radius 1 is 1.60 bits per heavy atom. The van der Waals surface area contributed by atoms with Gasteiger partial charge in [0.25, 0.3) is 0 Å². The minimum Gasteiger partial charge on any atom is -0.381 e. The maximum absolute atomic E-state index is 5.22. The molecule has 3 nitrogen and oxygen atoms in total. The Bertz CT molecular complexity index is 81.7. The molecule has 2 N–H and O–H groups in total. The fourth-order valence-electron chi connectivity index (χ4n) is 1.27. The van der Waals surface area contributed by atoms with Crippen molar-refractivity contribution in [3.8, 4) is 0 Å².